The van der Waals surface area contributed by atoms with Gasteiger partial charge >= 0.3 is 0 Å². The number of hydrogen-bond acceptors (Lipinski definition) is 8. The number of sulfonamides is 1. The van der Waals surface area contributed by atoms with Crippen molar-refractivity contribution in [2.45, 2.75) is 4.90 Å². The summed E-state index contributed by atoms with van der Waals surface area (Å²) in [6, 6.07) is 19.8. The zero-order valence-electron chi connectivity index (χ0n) is 17.7. The van der Waals surface area contributed by atoms with Crippen LogP contribution in [0, 0.1) is 11.3 Å². The highest BCUT2D eigenvalue weighted by molar-refractivity contribution is 7.92. The summed E-state index contributed by atoms with van der Waals surface area (Å²) in [6.45, 7) is 0. The van der Waals surface area contributed by atoms with Crippen LogP contribution in [0.2, 0.25) is 0 Å². The van der Waals surface area contributed by atoms with Gasteiger partial charge in [-0.05, 0) is 36.4 Å². The van der Waals surface area contributed by atoms with Crippen LogP contribution in [-0.4, -0.2) is 32.6 Å². The highest BCUT2D eigenvalue weighted by atomic mass is 32.2. The van der Waals surface area contributed by atoms with Crippen LogP contribution >= 0.6 is 0 Å². The monoisotopic (exact) mass is 461 g/mol. The number of ether oxygens (including phenoxy) is 2. The third kappa shape index (κ3) is 4.78. The van der Waals surface area contributed by atoms with E-state index in [1.807, 2.05) is 12.1 Å². The first-order chi connectivity index (χ1) is 15.9. The van der Waals surface area contributed by atoms with E-state index < -0.39 is 10.0 Å². The molecule has 33 heavy (non-hydrogen) atoms. The van der Waals surface area contributed by atoms with E-state index in [-0.39, 0.29) is 16.5 Å². The van der Waals surface area contributed by atoms with Crippen LogP contribution in [0.3, 0.4) is 0 Å². The van der Waals surface area contributed by atoms with Crippen molar-refractivity contribution < 1.29 is 17.9 Å². The first-order valence-corrected chi connectivity index (χ1v) is 11.2. The van der Waals surface area contributed by atoms with E-state index in [0.29, 0.717) is 33.8 Å². The smallest absolute Gasteiger partial charge is 0.263 e. The number of para-hydroxylation sites is 2. The molecule has 0 saturated heterocycles. The number of aromatic nitrogens is 2. The lowest BCUT2D eigenvalue weighted by Gasteiger charge is -2.15. The molecule has 0 unspecified atom stereocenters. The van der Waals surface area contributed by atoms with Gasteiger partial charge in [-0.25, -0.2) is 18.4 Å². The van der Waals surface area contributed by atoms with Crippen LogP contribution in [-0.2, 0) is 10.0 Å². The standard InChI is InChI=1S/C23H19N5O4S/c1-31-17-11-16(12-18(13-17)32-2)25-22-23(27-21-6-4-3-5-20(21)26-22)28-33(29,30)19-9-7-15(14-24)8-10-19/h3-13H,1-2H3,(H,25,26)(H,27,28). The highest BCUT2D eigenvalue weighted by Crippen LogP contribution is 2.31. The van der Waals surface area contributed by atoms with Crippen LogP contribution < -0.4 is 19.5 Å². The largest absolute Gasteiger partial charge is 0.497 e. The second-order valence-electron chi connectivity index (χ2n) is 6.88. The SMILES string of the molecule is COc1cc(Nc2nc3ccccc3nc2NS(=O)(=O)c2ccc(C#N)cc2)cc(OC)c1. The molecule has 0 spiro atoms. The Balaban J connectivity index is 1.77. The number of methoxy groups -OCH3 is 2. The van der Waals surface area contributed by atoms with Gasteiger partial charge in [0.2, 0.25) is 0 Å². The normalized spacial score (nSPS) is 10.9. The Hall–Kier alpha value is -4.36. The molecule has 0 fully saturated rings. The molecule has 0 amide bonds. The molecular weight excluding hydrogens is 442 g/mol. The Morgan fingerprint density at radius 2 is 1.42 bits per heavy atom. The van der Waals surface area contributed by atoms with Gasteiger partial charge in [-0.1, -0.05) is 12.1 Å². The minimum Gasteiger partial charge on any atom is -0.497 e. The lowest BCUT2D eigenvalue weighted by atomic mass is 10.2. The van der Waals surface area contributed by atoms with Crippen LogP contribution in [0.1, 0.15) is 5.56 Å². The van der Waals surface area contributed by atoms with Crippen molar-refractivity contribution >= 4 is 38.4 Å². The Morgan fingerprint density at radius 1 is 0.848 bits per heavy atom. The maximum atomic E-state index is 13.0. The second-order valence-corrected chi connectivity index (χ2v) is 8.56. The van der Waals surface area contributed by atoms with E-state index in [4.69, 9.17) is 14.7 Å². The lowest BCUT2D eigenvalue weighted by molar-refractivity contribution is 0.395. The molecule has 9 nitrogen and oxygen atoms in total. The summed E-state index contributed by atoms with van der Waals surface area (Å²) in [5.74, 6) is 1.30. The van der Waals surface area contributed by atoms with Gasteiger partial charge in [0.25, 0.3) is 10.0 Å². The minimum absolute atomic E-state index is 0.00883. The summed E-state index contributed by atoms with van der Waals surface area (Å²) in [7, 11) is -0.932. The van der Waals surface area contributed by atoms with Gasteiger partial charge in [0.1, 0.15) is 11.5 Å². The number of fused-ring (bicyclic) bond motifs is 1. The minimum atomic E-state index is -4.00. The average molecular weight is 462 g/mol. The molecule has 0 saturated carbocycles. The number of benzene rings is 3. The second kappa shape index (κ2) is 9.02. The Kier molecular flexibility index (Phi) is 5.97. The number of nitrogens with zero attached hydrogens (tertiary/aromatic N) is 3. The number of nitrogens with one attached hydrogen (secondary N) is 2. The van der Waals surface area contributed by atoms with Crippen LogP contribution in [0.4, 0.5) is 17.3 Å². The Labute approximate surface area is 190 Å². The van der Waals surface area contributed by atoms with E-state index in [1.54, 1.807) is 36.4 Å². The molecule has 0 atom stereocenters. The maximum absolute atomic E-state index is 13.0. The van der Waals surface area contributed by atoms with Crippen LogP contribution in [0.15, 0.2) is 71.6 Å². The van der Waals surface area contributed by atoms with E-state index in [9.17, 15) is 8.42 Å². The van der Waals surface area contributed by atoms with Gasteiger partial charge in [0.05, 0.1) is 41.8 Å². The van der Waals surface area contributed by atoms with E-state index in [0.717, 1.165) is 0 Å². The van der Waals surface area contributed by atoms with Crippen LogP contribution in [0.5, 0.6) is 11.5 Å². The third-order valence-corrected chi connectivity index (χ3v) is 6.06. The fourth-order valence-electron chi connectivity index (χ4n) is 3.07. The molecular formula is C23H19N5O4S. The molecule has 0 aliphatic rings. The first-order valence-electron chi connectivity index (χ1n) is 9.72. The van der Waals surface area contributed by atoms with Gasteiger partial charge in [-0.15, -0.1) is 0 Å². The molecule has 1 aromatic heterocycles. The van der Waals surface area contributed by atoms with Crippen molar-refractivity contribution in [3.8, 4) is 17.6 Å². The molecule has 0 aliphatic carbocycles. The van der Waals surface area contributed by atoms with E-state index >= 15 is 0 Å². The molecule has 4 aromatic rings. The van der Waals surface area contributed by atoms with E-state index in [1.165, 1.54) is 38.5 Å². The quantitative estimate of drug-likeness (QED) is 0.422. The van der Waals surface area contributed by atoms with E-state index in [2.05, 4.69) is 20.0 Å². The van der Waals surface area contributed by atoms with Crippen LogP contribution in [0.25, 0.3) is 11.0 Å². The first kappa shape index (κ1) is 21.9. The zero-order valence-corrected chi connectivity index (χ0v) is 18.6. The lowest BCUT2D eigenvalue weighted by Crippen LogP contribution is -2.16. The summed E-state index contributed by atoms with van der Waals surface area (Å²) >= 11 is 0. The fourth-order valence-corrected chi connectivity index (χ4v) is 4.08. The van der Waals surface area contributed by atoms with Crippen molar-refractivity contribution in [3.05, 3.63) is 72.3 Å². The summed E-state index contributed by atoms with van der Waals surface area (Å²) < 4.78 is 39.1. The number of nitriles is 1. The zero-order chi connectivity index (χ0) is 23.4. The van der Waals surface area contributed by atoms with Crippen molar-refractivity contribution in [2.75, 3.05) is 24.3 Å². The topological polar surface area (TPSA) is 126 Å². The summed E-state index contributed by atoms with van der Waals surface area (Å²) in [5, 5.41) is 12.1. The van der Waals surface area contributed by atoms with Gasteiger partial charge in [-0.3, -0.25) is 4.72 Å². The fraction of sp³-hybridized carbons (Fsp3) is 0.0870. The Bertz CT molecular complexity index is 1440. The van der Waals surface area contributed by atoms with Gasteiger partial charge in [0.15, 0.2) is 11.6 Å². The number of hydrogen-bond donors (Lipinski definition) is 2. The number of rotatable bonds is 7. The van der Waals surface area contributed by atoms with Crippen molar-refractivity contribution in [1.29, 1.82) is 5.26 Å². The van der Waals surface area contributed by atoms with Crippen molar-refractivity contribution in [3.63, 3.8) is 0 Å². The third-order valence-electron chi connectivity index (χ3n) is 4.71. The molecule has 166 valence electrons. The molecule has 4 rings (SSSR count). The summed E-state index contributed by atoms with van der Waals surface area (Å²) in [6.07, 6.45) is 0. The molecule has 10 heteroatoms. The predicted octanol–water partition coefficient (Wildman–Crippen LogP) is 4.06. The molecule has 1 heterocycles. The molecule has 0 aliphatic heterocycles. The van der Waals surface area contributed by atoms with Crippen molar-refractivity contribution in [2.24, 2.45) is 0 Å². The number of anilines is 3. The molecule has 0 radical (unpaired) electrons. The van der Waals surface area contributed by atoms with Gasteiger partial charge < -0.3 is 14.8 Å². The predicted molar refractivity (Wildman–Crippen MR) is 124 cm³/mol. The van der Waals surface area contributed by atoms with Gasteiger partial charge in [-0.2, -0.15) is 5.26 Å². The summed E-state index contributed by atoms with van der Waals surface area (Å²) in [4.78, 5) is 9.02. The Morgan fingerprint density at radius 3 is 1.97 bits per heavy atom. The maximum Gasteiger partial charge on any atom is 0.263 e. The average Bonchev–Trinajstić information content (AvgIpc) is 2.84. The molecule has 2 N–H and O–H groups in total. The highest BCUT2D eigenvalue weighted by Gasteiger charge is 2.19. The van der Waals surface area contributed by atoms with Gasteiger partial charge in [0, 0.05) is 23.9 Å². The summed E-state index contributed by atoms with van der Waals surface area (Å²) in [5.41, 5.74) is 2.02. The molecule has 3 aromatic carbocycles. The van der Waals surface area contributed by atoms with Crippen molar-refractivity contribution in [1.82, 2.24) is 9.97 Å². The molecule has 0 bridgehead atoms.